The average molecular weight is 433 g/mol. The highest BCUT2D eigenvalue weighted by molar-refractivity contribution is 5.79. The molecule has 3 heterocycles. The Morgan fingerprint density at radius 2 is 1.84 bits per heavy atom. The van der Waals surface area contributed by atoms with Gasteiger partial charge in [0.2, 0.25) is 17.7 Å². The third kappa shape index (κ3) is 4.00. The standard InChI is InChI=1S/C25H28N4O3/c1-3-31-20-11-9-18(10-12-20)13-22(30)29-16-25(17-29)14-21(28(2)15-25)24-27-26-23(32-24)19-7-5-4-6-8-19/h4-12,21H,3,13-17H2,1-2H3. The molecule has 1 amide bonds. The van der Waals surface area contributed by atoms with E-state index in [1.165, 1.54) is 0 Å². The van der Waals surface area contributed by atoms with Gasteiger partial charge in [-0.2, -0.15) is 0 Å². The predicted molar refractivity (Wildman–Crippen MR) is 120 cm³/mol. The van der Waals surface area contributed by atoms with Crippen molar-refractivity contribution in [1.29, 1.82) is 0 Å². The van der Waals surface area contributed by atoms with Gasteiger partial charge in [-0.15, -0.1) is 10.2 Å². The lowest BCUT2D eigenvalue weighted by molar-refractivity contribution is -0.141. The van der Waals surface area contributed by atoms with E-state index in [1.807, 2.05) is 66.4 Å². The molecule has 32 heavy (non-hydrogen) atoms. The van der Waals surface area contributed by atoms with E-state index in [1.54, 1.807) is 0 Å². The highest BCUT2D eigenvalue weighted by Crippen LogP contribution is 2.47. The summed E-state index contributed by atoms with van der Waals surface area (Å²) in [6.07, 6.45) is 1.35. The fraction of sp³-hybridized carbons (Fsp3) is 0.400. The van der Waals surface area contributed by atoms with Crippen LogP contribution >= 0.6 is 0 Å². The Morgan fingerprint density at radius 3 is 2.56 bits per heavy atom. The molecule has 3 aromatic rings. The number of nitrogens with zero attached hydrogens (tertiary/aromatic N) is 4. The van der Waals surface area contributed by atoms with E-state index >= 15 is 0 Å². The Kier molecular flexibility index (Phi) is 5.43. The van der Waals surface area contributed by atoms with E-state index in [4.69, 9.17) is 9.15 Å². The molecule has 0 radical (unpaired) electrons. The molecule has 0 N–H and O–H groups in total. The maximum Gasteiger partial charge on any atom is 0.247 e. The molecule has 2 fully saturated rings. The third-order valence-electron chi connectivity index (χ3n) is 6.48. The molecule has 1 unspecified atom stereocenters. The first kappa shape index (κ1) is 20.7. The van der Waals surface area contributed by atoms with Gasteiger partial charge in [0.05, 0.1) is 19.1 Å². The van der Waals surface area contributed by atoms with E-state index < -0.39 is 0 Å². The second-order valence-corrected chi connectivity index (χ2v) is 8.95. The summed E-state index contributed by atoms with van der Waals surface area (Å²) in [4.78, 5) is 17.0. The summed E-state index contributed by atoms with van der Waals surface area (Å²) in [6.45, 7) is 5.09. The second-order valence-electron chi connectivity index (χ2n) is 8.95. The number of hydrogen-bond acceptors (Lipinski definition) is 6. The van der Waals surface area contributed by atoms with Crippen LogP contribution in [-0.2, 0) is 11.2 Å². The lowest BCUT2D eigenvalue weighted by Crippen LogP contribution is -2.59. The first-order valence-corrected chi connectivity index (χ1v) is 11.1. The van der Waals surface area contributed by atoms with Gasteiger partial charge >= 0.3 is 0 Å². The summed E-state index contributed by atoms with van der Waals surface area (Å²) in [5.41, 5.74) is 2.05. The Balaban J connectivity index is 1.19. The van der Waals surface area contributed by atoms with Crippen molar-refractivity contribution in [2.45, 2.75) is 25.8 Å². The topological polar surface area (TPSA) is 71.7 Å². The van der Waals surface area contributed by atoms with Crippen molar-refractivity contribution in [3.63, 3.8) is 0 Å². The number of ether oxygens (including phenoxy) is 1. The summed E-state index contributed by atoms with van der Waals surface area (Å²) in [5, 5.41) is 8.58. The maximum absolute atomic E-state index is 12.8. The van der Waals surface area contributed by atoms with Crippen molar-refractivity contribution < 1.29 is 13.9 Å². The molecule has 2 aromatic carbocycles. The molecule has 7 heteroatoms. The zero-order valence-electron chi connectivity index (χ0n) is 18.5. The van der Waals surface area contributed by atoms with E-state index in [9.17, 15) is 4.79 Å². The molecule has 2 aliphatic heterocycles. The van der Waals surface area contributed by atoms with Crippen LogP contribution in [0.5, 0.6) is 5.75 Å². The Morgan fingerprint density at radius 1 is 1.09 bits per heavy atom. The Bertz CT molecular complexity index is 1070. The van der Waals surface area contributed by atoms with Crippen molar-refractivity contribution in [3.8, 4) is 17.2 Å². The molecule has 2 aliphatic rings. The smallest absolute Gasteiger partial charge is 0.247 e. The van der Waals surface area contributed by atoms with Crippen molar-refractivity contribution in [2.24, 2.45) is 5.41 Å². The van der Waals surface area contributed by atoms with E-state index in [2.05, 4.69) is 22.1 Å². The molecular formula is C25H28N4O3. The summed E-state index contributed by atoms with van der Waals surface area (Å²) in [6, 6.07) is 17.7. The van der Waals surface area contributed by atoms with Gasteiger partial charge in [0.1, 0.15) is 5.75 Å². The van der Waals surface area contributed by atoms with Gasteiger partial charge in [0.15, 0.2) is 0 Å². The molecule has 0 aliphatic carbocycles. The molecule has 1 aromatic heterocycles. The highest BCUT2D eigenvalue weighted by Gasteiger charge is 2.53. The van der Waals surface area contributed by atoms with Crippen LogP contribution in [0.2, 0.25) is 0 Å². The fourth-order valence-corrected chi connectivity index (χ4v) is 4.94. The normalized spacial score (nSPS) is 19.8. The summed E-state index contributed by atoms with van der Waals surface area (Å²) in [7, 11) is 2.09. The van der Waals surface area contributed by atoms with Crippen LogP contribution in [0.3, 0.4) is 0 Å². The quantitative estimate of drug-likeness (QED) is 0.593. The number of aromatic nitrogens is 2. The minimum Gasteiger partial charge on any atom is -0.494 e. The van der Waals surface area contributed by atoms with Crippen LogP contribution in [0.15, 0.2) is 59.0 Å². The molecule has 1 atom stereocenters. The molecule has 0 saturated carbocycles. The van der Waals surface area contributed by atoms with Gasteiger partial charge < -0.3 is 14.1 Å². The SMILES string of the molecule is CCOc1ccc(CC(=O)N2CC3(CC(c4nnc(-c5ccccc5)o4)N(C)C3)C2)cc1. The van der Waals surface area contributed by atoms with E-state index in [-0.39, 0.29) is 17.4 Å². The third-order valence-corrected chi connectivity index (χ3v) is 6.48. The molecule has 0 bridgehead atoms. The first-order chi connectivity index (χ1) is 15.5. The minimum atomic E-state index is 0.0864. The van der Waals surface area contributed by atoms with E-state index in [0.717, 1.165) is 42.9 Å². The maximum atomic E-state index is 12.8. The second kappa shape index (κ2) is 8.39. The fourth-order valence-electron chi connectivity index (χ4n) is 4.94. The van der Waals surface area contributed by atoms with Gasteiger partial charge in [-0.25, -0.2) is 0 Å². The lowest BCUT2D eigenvalue weighted by atomic mass is 9.77. The number of hydrogen-bond donors (Lipinski definition) is 0. The van der Waals surface area contributed by atoms with Gasteiger partial charge in [-0.05, 0) is 50.2 Å². The highest BCUT2D eigenvalue weighted by atomic mass is 16.5. The monoisotopic (exact) mass is 432 g/mol. The molecule has 7 nitrogen and oxygen atoms in total. The van der Waals surface area contributed by atoms with Crippen molar-refractivity contribution >= 4 is 5.91 Å². The minimum absolute atomic E-state index is 0.0864. The van der Waals surface area contributed by atoms with Crippen LogP contribution in [0.25, 0.3) is 11.5 Å². The average Bonchev–Trinajstić information content (AvgIpc) is 3.40. The number of amides is 1. The van der Waals surface area contributed by atoms with Crippen LogP contribution in [0.4, 0.5) is 0 Å². The van der Waals surface area contributed by atoms with Crippen LogP contribution < -0.4 is 4.74 Å². The van der Waals surface area contributed by atoms with Crippen LogP contribution in [0, 0.1) is 5.41 Å². The van der Waals surface area contributed by atoms with Crippen molar-refractivity contribution in [2.75, 3.05) is 33.3 Å². The van der Waals surface area contributed by atoms with Crippen LogP contribution in [-0.4, -0.2) is 59.2 Å². The summed E-state index contributed by atoms with van der Waals surface area (Å²) < 4.78 is 11.5. The van der Waals surface area contributed by atoms with Crippen LogP contribution in [0.1, 0.15) is 30.8 Å². The molecule has 166 valence electrons. The number of rotatable bonds is 6. The zero-order chi connectivity index (χ0) is 22.1. The lowest BCUT2D eigenvalue weighted by Gasteiger charge is -2.48. The summed E-state index contributed by atoms with van der Waals surface area (Å²) >= 11 is 0. The van der Waals surface area contributed by atoms with Gasteiger partial charge in [-0.1, -0.05) is 30.3 Å². The van der Waals surface area contributed by atoms with Crippen molar-refractivity contribution in [3.05, 3.63) is 66.1 Å². The van der Waals surface area contributed by atoms with Gasteiger partial charge in [0.25, 0.3) is 0 Å². The predicted octanol–water partition coefficient (Wildman–Crippen LogP) is 3.58. The first-order valence-electron chi connectivity index (χ1n) is 11.1. The number of benzene rings is 2. The largest absolute Gasteiger partial charge is 0.494 e. The van der Waals surface area contributed by atoms with Gasteiger partial charge in [-0.3, -0.25) is 9.69 Å². The molecule has 5 rings (SSSR count). The van der Waals surface area contributed by atoms with Gasteiger partial charge in [0, 0.05) is 30.6 Å². The zero-order valence-corrected chi connectivity index (χ0v) is 18.5. The number of carbonyl (C=O) groups excluding carboxylic acids is 1. The molecular weight excluding hydrogens is 404 g/mol. The number of carbonyl (C=O) groups is 1. The summed E-state index contributed by atoms with van der Waals surface area (Å²) in [5.74, 6) is 2.22. The van der Waals surface area contributed by atoms with Crippen molar-refractivity contribution in [1.82, 2.24) is 20.0 Å². The Labute approximate surface area is 188 Å². The molecule has 2 saturated heterocycles. The number of likely N-dealkylation sites (tertiary alicyclic amines) is 2. The van der Waals surface area contributed by atoms with E-state index in [0.29, 0.717) is 24.8 Å². The Hall–Kier alpha value is -3.19. The molecule has 1 spiro atoms.